The Balaban J connectivity index is 2.35. The lowest BCUT2D eigenvalue weighted by Crippen LogP contribution is -2.14. The van der Waals surface area contributed by atoms with Crippen LogP contribution in [0.1, 0.15) is 5.56 Å². The number of methoxy groups -OCH3 is 1. The standard InChI is InChI=1S/C14H15N3OS/c1-17(12-7-4-8-13(16-12)18-2)11-6-3-5-10(9-11)14(15)19/h3-9H,1-2H3,(H2,15,19). The first kappa shape index (κ1) is 13.3. The van der Waals surface area contributed by atoms with E-state index in [0.717, 1.165) is 17.1 Å². The quantitative estimate of drug-likeness (QED) is 0.867. The Bertz CT molecular complexity index is 601. The van der Waals surface area contributed by atoms with Gasteiger partial charge in [0.15, 0.2) is 0 Å². The monoisotopic (exact) mass is 273 g/mol. The van der Waals surface area contributed by atoms with Gasteiger partial charge in [0, 0.05) is 24.4 Å². The second-order valence-electron chi connectivity index (χ2n) is 4.01. The first-order chi connectivity index (χ1) is 9.11. The molecule has 2 N–H and O–H groups in total. The third-order valence-electron chi connectivity index (χ3n) is 2.78. The van der Waals surface area contributed by atoms with Crippen LogP contribution < -0.4 is 15.4 Å². The summed E-state index contributed by atoms with van der Waals surface area (Å²) in [5, 5.41) is 0. The summed E-state index contributed by atoms with van der Waals surface area (Å²) >= 11 is 4.99. The van der Waals surface area contributed by atoms with Crippen LogP contribution in [-0.2, 0) is 0 Å². The first-order valence-corrected chi connectivity index (χ1v) is 6.17. The smallest absolute Gasteiger partial charge is 0.214 e. The van der Waals surface area contributed by atoms with Crippen molar-refractivity contribution < 1.29 is 4.74 Å². The van der Waals surface area contributed by atoms with Crippen LogP contribution in [-0.4, -0.2) is 24.1 Å². The molecular formula is C14H15N3OS. The summed E-state index contributed by atoms with van der Waals surface area (Å²) in [6, 6.07) is 13.3. The van der Waals surface area contributed by atoms with Crippen molar-refractivity contribution >= 4 is 28.7 Å². The molecular weight excluding hydrogens is 258 g/mol. The Morgan fingerprint density at radius 1 is 1.26 bits per heavy atom. The van der Waals surface area contributed by atoms with Gasteiger partial charge in [-0.2, -0.15) is 4.98 Å². The first-order valence-electron chi connectivity index (χ1n) is 5.76. The van der Waals surface area contributed by atoms with E-state index in [4.69, 9.17) is 22.7 Å². The minimum absolute atomic E-state index is 0.383. The van der Waals surface area contributed by atoms with Gasteiger partial charge in [-0.15, -0.1) is 0 Å². The minimum Gasteiger partial charge on any atom is -0.481 e. The molecule has 0 bridgehead atoms. The van der Waals surface area contributed by atoms with E-state index in [1.807, 2.05) is 54.4 Å². The highest BCUT2D eigenvalue weighted by Gasteiger charge is 2.07. The molecule has 0 atom stereocenters. The van der Waals surface area contributed by atoms with Gasteiger partial charge in [-0.1, -0.05) is 30.4 Å². The zero-order chi connectivity index (χ0) is 13.8. The van der Waals surface area contributed by atoms with Gasteiger partial charge < -0.3 is 15.4 Å². The molecule has 0 fully saturated rings. The van der Waals surface area contributed by atoms with Crippen molar-refractivity contribution in [3.63, 3.8) is 0 Å². The lowest BCUT2D eigenvalue weighted by molar-refractivity contribution is 0.398. The fourth-order valence-electron chi connectivity index (χ4n) is 1.70. The van der Waals surface area contributed by atoms with E-state index in [-0.39, 0.29) is 0 Å². The molecule has 0 unspecified atom stereocenters. The maximum absolute atomic E-state index is 5.64. The van der Waals surface area contributed by atoms with Gasteiger partial charge in [0.25, 0.3) is 0 Å². The third-order valence-corrected chi connectivity index (χ3v) is 3.02. The van der Waals surface area contributed by atoms with Crippen LogP contribution in [0.15, 0.2) is 42.5 Å². The molecule has 1 aromatic carbocycles. The molecule has 2 aromatic rings. The number of nitrogens with zero attached hydrogens (tertiary/aromatic N) is 2. The number of benzene rings is 1. The van der Waals surface area contributed by atoms with Crippen LogP contribution in [0.5, 0.6) is 5.88 Å². The molecule has 19 heavy (non-hydrogen) atoms. The van der Waals surface area contributed by atoms with Crippen LogP contribution in [0.25, 0.3) is 0 Å². The van der Waals surface area contributed by atoms with E-state index in [9.17, 15) is 0 Å². The maximum atomic E-state index is 5.64. The van der Waals surface area contributed by atoms with Crippen LogP contribution in [0.2, 0.25) is 0 Å². The summed E-state index contributed by atoms with van der Waals surface area (Å²) in [6.07, 6.45) is 0. The molecule has 98 valence electrons. The van der Waals surface area contributed by atoms with Crippen molar-refractivity contribution in [3.8, 4) is 5.88 Å². The van der Waals surface area contributed by atoms with Gasteiger partial charge in [-0.05, 0) is 18.2 Å². The fraction of sp³-hybridized carbons (Fsp3) is 0.143. The molecule has 5 heteroatoms. The summed E-state index contributed by atoms with van der Waals surface area (Å²) in [6.45, 7) is 0. The molecule has 0 amide bonds. The summed E-state index contributed by atoms with van der Waals surface area (Å²) in [5.74, 6) is 1.37. The van der Waals surface area contributed by atoms with Crippen LogP contribution in [0, 0.1) is 0 Å². The van der Waals surface area contributed by atoms with Crippen molar-refractivity contribution in [3.05, 3.63) is 48.0 Å². The van der Waals surface area contributed by atoms with E-state index >= 15 is 0 Å². The average molecular weight is 273 g/mol. The molecule has 0 saturated carbocycles. The number of thiocarbonyl (C=S) groups is 1. The molecule has 0 aliphatic carbocycles. The number of rotatable bonds is 4. The van der Waals surface area contributed by atoms with Gasteiger partial charge in [0.1, 0.15) is 10.8 Å². The van der Waals surface area contributed by atoms with Crippen molar-refractivity contribution in [1.29, 1.82) is 0 Å². The van der Waals surface area contributed by atoms with Crippen LogP contribution >= 0.6 is 12.2 Å². The number of anilines is 2. The van der Waals surface area contributed by atoms with E-state index in [0.29, 0.717) is 10.9 Å². The molecule has 0 radical (unpaired) electrons. The molecule has 0 saturated heterocycles. The maximum Gasteiger partial charge on any atom is 0.214 e. The molecule has 4 nitrogen and oxygen atoms in total. The second kappa shape index (κ2) is 5.67. The van der Waals surface area contributed by atoms with Gasteiger partial charge in [-0.25, -0.2) is 0 Å². The SMILES string of the molecule is COc1cccc(N(C)c2cccc(C(N)=S)c2)n1. The topological polar surface area (TPSA) is 51.4 Å². The van der Waals surface area contributed by atoms with E-state index in [2.05, 4.69) is 4.98 Å². The van der Waals surface area contributed by atoms with Crippen LogP contribution in [0.4, 0.5) is 11.5 Å². The number of ether oxygens (including phenoxy) is 1. The predicted molar refractivity (Wildman–Crippen MR) is 81.2 cm³/mol. The third kappa shape index (κ3) is 3.00. The van der Waals surface area contributed by atoms with Gasteiger partial charge >= 0.3 is 0 Å². The lowest BCUT2D eigenvalue weighted by atomic mass is 10.2. The highest BCUT2D eigenvalue weighted by atomic mass is 32.1. The molecule has 1 heterocycles. The van der Waals surface area contributed by atoms with Crippen molar-refractivity contribution in [2.24, 2.45) is 5.73 Å². The number of pyridine rings is 1. The summed E-state index contributed by atoms with van der Waals surface area (Å²) < 4.78 is 5.12. The predicted octanol–water partition coefficient (Wildman–Crippen LogP) is 2.49. The lowest BCUT2D eigenvalue weighted by Gasteiger charge is -2.19. The Morgan fingerprint density at radius 2 is 2.00 bits per heavy atom. The van der Waals surface area contributed by atoms with Crippen molar-refractivity contribution in [1.82, 2.24) is 4.98 Å². The molecule has 0 aliphatic rings. The average Bonchev–Trinajstić information content (AvgIpc) is 2.46. The Hall–Kier alpha value is -2.14. The van der Waals surface area contributed by atoms with Crippen molar-refractivity contribution in [2.45, 2.75) is 0 Å². The highest BCUT2D eigenvalue weighted by Crippen LogP contribution is 2.24. The summed E-state index contributed by atoms with van der Waals surface area (Å²) in [5.41, 5.74) is 7.44. The summed E-state index contributed by atoms with van der Waals surface area (Å²) in [7, 11) is 3.53. The number of hydrogen-bond acceptors (Lipinski definition) is 4. The van der Waals surface area contributed by atoms with E-state index in [1.54, 1.807) is 7.11 Å². The zero-order valence-corrected chi connectivity index (χ0v) is 11.6. The van der Waals surface area contributed by atoms with E-state index < -0.39 is 0 Å². The van der Waals surface area contributed by atoms with Crippen molar-refractivity contribution in [2.75, 3.05) is 19.1 Å². The molecule has 0 aliphatic heterocycles. The normalized spacial score (nSPS) is 10.0. The van der Waals surface area contributed by atoms with Gasteiger partial charge in [-0.3, -0.25) is 0 Å². The molecule has 0 spiro atoms. The molecule has 1 aromatic heterocycles. The number of aromatic nitrogens is 1. The van der Waals surface area contributed by atoms with E-state index in [1.165, 1.54) is 0 Å². The summed E-state index contributed by atoms with van der Waals surface area (Å²) in [4.78, 5) is 6.71. The largest absolute Gasteiger partial charge is 0.481 e. The zero-order valence-electron chi connectivity index (χ0n) is 10.8. The van der Waals surface area contributed by atoms with Crippen LogP contribution in [0.3, 0.4) is 0 Å². The van der Waals surface area contributed by atoms with Gasteiger partial charge in [0.05, 0.1) is 7.11 Å². The number of nitrogens with two attached hydrogens (primary N) is 1. The minimum atomic E-state index is 0.383. The Kier molecular flexibility index (Phi) is 3.97. The fourth-order valence-corrected chi connectivity index (χ4v) is 1.83. The van der Waals surface area contributed by atoms with Gasteiger partial charge in [0.2, 0.25) is 5.88 Å². The highest BCUT2D eigenvalue weighted by molar-refractivity contribution is 7.80. The Morgan fingerprint density at radius 3 is 2.68 bits per heavy atom. The second-order valence-corrected chi connectivity index (χ2v) is 4.45. The number of hydrogen-bond donors (Lipinski definition) is 1. The molecule has 2 rings (SSSR count). The Labute approximate surface area is 117 Å².